The lowest BCUT2D eigenvalue weighted by Gasteiger charge is -2.24. The monoisotopic (exact) mass is 495 g/mol. The highest BCUT2D eigenvalue weighted by molar-refractivity contribution is 7.93. The summed E-state index contributed by atoms with van der Waals surface area (Å²) in [5.74, 6) is -0.547. The Balaban J connectivity index is 1.98. The van der Waals surface area contributed by atoms with E-state index in [1.807, 2.05) is 6.92 Å². The molecule has 4 aromatic rings. The Morgan fingerprint density at radius 2 is 1.59 bits per heavy atom. The number of aryl methyl sites for hydroxylation is 3. The lowest BCUT2D eigenvalue weighted by molar-refractivity contribution is 0.1000. The lowest BCUT2D eigenvalue weighted by atomic mass is 10.1. The van der Waals surface area contributed by atoms with Crippen LogP contribution in [0.2, 0.25) is 5.02 Å². The molecule has 1 aromatic heterocycles. The van der Waals surface area contributed by atoms with Crippen LogP contribution >= 0.6 is 11.6 Å². The van der Waals surface area contributed by atoms with E-state index in [0.29, 0.717) is 32.9 Å². The van der Waals surface area contributed by atoms with Gasteiger partial charge in [0.25, 0.3) is 15.9 Å². The van der Waals surface area contributed by atoms with Crippen molar-refractivity contribution in [3.63, 3.8) is 0 Å². The summed E-state index contributed by atoms with van der Waals surface area (Å²) in [6.45, 7) is 6.62. The van der Waals surface area contributed by atoms with Gasteiger partial charge in [0.1, 0.15) is 11.3 Å². The number of amides is 1. The van der Waals surface area contributed by atoms with Crippen molar-refractivity contribution >= 4 is 50.0 Å². The van der Waals surface area contributed by atoms with Gasteiger partial charge in [0.15, 0.2) is 5.78 Å². The quantitative estimate of drug-likeness (QED) is 0.305. The summed E-state index contributed by atoms with van der Waals surface area (Å²) in [5, 5.41) is 0.856. The first-order chi connectivity index (χ1) is 16.0. The standard InChI is InChI=1S/C26H22ClNO5S/c1-15-5-12-24(16(2)13-15)34(31,32)28(26(30)19-6-8-20(27)9-7-19)21-10-11-23-22(14-21)25(17(3)29)18(4)33-23/h5-14H,1-4H3. The zero-order valence-electron chi connectivity index (χ0n) is 19.0. The van der Waals surface area contributed by atoms with Crippen LogP contribution in [-0.2, 0) is 10.0 Å². The number of halogens is 1. The maximum Gasteiger partial charge on any atom is 0.272 e. The number of sulfonamides is 1. The summed E-state index contributed by atoms with van der Waals surface area (Å²) >= 11 is 5.96. The molecule has 0 radical (unpaired) electrons. The molecule has 4 rings (SSSR count). The summed E-state index contributed by atoms with van der Waals surface area (Å²) in [6, 6.07) is 15.4. The van der Waals surface area contributed by atoms with Crippen LogP contribution in [0.3, 0.4) is 0 Å². The van der Waals surface area contributed by atoms with E-state index in [1.54, 1.807) is 32.0 Å². The van der Waals surface area contributed by atoms with Crippen LogP contribution in [0.5, 0.6) is 0 Å². The molecule has 0 fully saturated rings. The summed E-state index contributed by atoms with van der Waals surface area (Å²) in [4.78, 5) is 25.9. The lowest BCUT2D eigenvalue weighted by Crippen LogP contribution is -2.37. The number of Topliss-reactive ketones (excluding diaryl/α,β-unsaturated/α-hetero) is 1. The van der Waals surface area contributed by atoms with E-state index in [0.717, 1.165) is 9.87 Å². The SMILES string of the molecule is CC(=O)c1c(C)oc2ccc(N(C(=O)c3ccc(Cl)cc3)S(=O)(=O)c3ccc(C)cc3C)cc12. The number of carbonyl (C=O) groups is 2. The molecule has 0 atom stereocenters. The van der Waals surface area contributed by atoms with Gasteiger partial charge in [-0.3, -0.25) is 9.59 Å². The van der Waals surface area contributed by atoms with Crippen LogP contribution in [0.1, 0.15) is 44.5 Å². The molecule has 0 saturated heterocycles. The van der Waals surface area contributed by atoms with Gasteiger partial charge < -0.3 is 4.42 Å². The molecule has 0 N–H and O–H groups in total. The van der Waals surface area contributed by atoms with E-state index in [-0.39, 0.29) is 21.9 Å². The van der Waals surface area contributed by atoms with E-state index >= 15 is 0 Å². The molecule has 1 heterocycles. The summed E-state index contributed by atoms with van der Waals surface area (Å²) in [7, 11) is -4.32. The smallest absolute Gasteiger partial charge is 0.272 e. The molecule has 0 aliphatic rings. The van der Waals surface area contributed by atoms with Crippen molar-refractivity contribution < 1.29 is 22.4 Å². The third-order valence-corrected chi connectivity index (χ3v) is 7.68. The molecule has 174 valence electrons. The van der Waals surface area contributed by atoms with Crippen molar-refractivity contribution in [1.29, 1.82) is 0 Å². The summed E-state index contributed by atoms with van der Waals surface area (Å²) in [5.41, 5.74) is 2.42. The third-order valence-electron chi connectivity index (χ3n) is 5.56. The van der Waals surface area contributed by atoms with Crippen molar-refractivity contribution in [2.24, 2.45) is 0 Å². The Morgan fingerprint density at radius 3 is 2.21 bits per heavy atom. The fraction of sp³-hybridized carbons (Fsp3) is 0.154. The molecule has 34 heavy (non-hydrogen) atoms. The molecule has 8 heteroatoms. The van der Waals surface area contributed by atoms with Gasteiger partial charge >= 0.3 is 0 Å². The highest BCUT2D eigenvalue weighted by Crippen LogP contribution is 2.34. The number of benzene rings is 3. The third kappa shape index (κ3) is 4.13. The number of hydrogen-bond donors (Lipinski definition) is 0. The van der Waals surface area contributed by atoms with Crippen molar-refractivity contribution in [1.82, 2.24) is 0 Å². The zero-order chi connectivity index (χ0) is 24.8. The topological polar surface area (TPSA) is 84.7 Å². The van der Waals surface area contributed by atoms with Crippen LogP contribution in [-0.4, -0.2) is 20.1 Å². The van der Waals surface area contributed by atoms with Gasteiger partial charge in [-0.25, -0.2) is 8.42 Å². The van der Waals surface area contributed by atoms with E-state index in [1.165, 1.54) is 49.4 Å². The average molecular weight is 496 g/mol. The second kappa shape index (κ2) is 8.74. The van der Waals surface area contributed by atoms with E-state index < -0.39 is 15.9 Å². The predicted octanol–water partition coefficient (Wildman–Crippen LogP) is 6.25. The largest absolute Gasteiger partial charge is 0.461 e. The molecule has 0 saturated carbocycles. The number of anilines is 1. The van der Waals surface area contributed by atoms with Gasteiger partial charge in [0.2, 0.25) is 0 Å². The molecule has 0 spiro atoms. The van der Waals surface area contributed by atoms with Gasteiger partial charge in [-0.1, -0.05) is 29.3 Å². The van der Waals surface area contributed by atoms with Crippen molar-refractivity contribution in [3.8, 4) is 0 Å². The average Bonchev–Trinajstić information content (AvgIpc) is 3.09. The Hall–Kier alpha value is -3.42. The fourth-order valence-electron chi connectivity index (χ4n) is 4.03. The minimum absolute atomic E-state index is 0.00989. The number of nitrogens with zero attached hydrogens (tertiary/aromatic N) is 1. The Labute approximate surface area is 202 Å². The van der Waals surface area contributed by atoms with Gasteiger partial charge in [0, 0.05) is 16.0 Å². The van der Waals surface area contributed by atoms with E-state index in [2.05, 4.69) is 0 Å². The van der Waals surface area contributed by atoms with Crippen molar-refractivity contribution in [2.75, 3.05) is 4.31 Å². The second-order valence-electron chi connectivity index (χ2n) is 8.12. The van der Waals surface area contributed by atoms with Crippen LogP contribution in [0.4, 0.5) is 5.69 Å². The summed E-state index contributed by atoms with van der Waals surface area (Å²) in [6.07, 6.45) is 0. The first-order valence-corrected chi connectivity index (χ1v) is 12.3. The number of ketones is 1. The predicted molar refractivity (Wildman–Crippen MR) is 132 cm³/mol. The molecular formula is C26H22ClNO5S. The van der Waals surface area contributed by atoms with Crippen LogP contribution in [0.15, 0.2) is 70.0 Å². The molecule has 0 aliphatic heterocycles. The molecule has 3 aromatic carbocycles. The molecule has 1 amide bonds. The Bertz CT molecular complexity index is 1550. The fourth-order valence-corrected chi connectivity index (χ4v) is 5.78. The number of hydrogen-bond acceptors (Lipinski definition) is 5. The molecule has 0 unspecified atom stereocenters. The van der Waals surface area contributed by atoms with Crippen molar-refractivity contribution in [3.05, 3.63) is 93.7 Å². The van der Waals surface area contributed by atoms with Crippen LogP contribution < -0.4 is 4.31 Å². The maximum atomic E-state index is 13.9. The molecule has 6 nitrogen and oxygen atoms in total. The number of fused-ring (bicyclic) bond motifs is 1. The summed E-state index contributed by atoms with van der Waals surface area (Å²) < 4.78 is 34.2. The van der Waals surface area contributed by atoms with Crippen molar-refractivity contribution in [2.45, 2.75) is 32.6 Å². The minimum atomic E-state index is -4.32. The molecular weight excluding hydrogens is 474 g/mol. The van der Waals surface area contributed by atoms with Crippen LogP contribution in [0.25, 0.3) is 11.0 Å². The van der Waals surface area contributed by atoms with Gasteiger partial charge in [-0.15, -0.1) is 0 Å². The second-order valence-corrected chi connectivity index (χ2v) is 10.3. The number of rotatable bonds is 5. The van der Waals surface area contributed by atoms with E-state index in [4.69, 9.17) is 16.0 Å². The normalized spacial score (nSPS) is 11.6. The Kier molecular flexibility index (Phi) is 6.10. The van der Waals surface area contributed by atoms with Gasteiger partial charge in [0.05, 0.1) is 16.1 Å². The highest BCUT2D eigenvalue weighted by atomic mass is 35.5. The first-order valence-electron chi connectivity index (χ1n) is 10.5. The molecule has 0 bridgehead atoms. The maximum absolute atomic E-state index is 13.9. The van der Waals surface area contributed by atoms with Gasteiger partial charge in [-0.05, 0) is 81.8 Å². The highest BCUT2D eigenvalue weighted by Gasteiger charge is 2.33. The number of furan rings is 1. The van der Waals surface area contributed by atoms with Gasteiger partial charge in [-0.2, -0.15) is 4.31 Å². The Morgan fingerprint density at radius 1 is 0.912 bits per heavy atom. The first kappa shape index (κ1) is 23.7. The molecule has 0 aliphatic carbocycles. The van der Waals surface area contributed by atoms with E-state index in [9.17, 15) is 18.0 Å². The zero-order valence-corrected chi connectivity index (χ0v) is 20.6. The minimum Gasteiger partial charge on any atom is -0.461 e. The number of carbonyl (C=O) groups excluding carboxylic acids is 2. The van der Waals surface area contributed by atoms with Crippen LogP contribution in [0, 0.1) is 20.8 Å².